The summed E-state index contributed by atoms with van der Waals surface area (Å²) < 4.78 is 50.9. The van der Waals surface area contributed by atoms with Gasteiger partial charge < -0.3 is 40.1 Å². The summed E-state index contributed by atoms with van der Waals surface area (Å²) in [6.45, 7) is 10.3. The van der Waals surface area contributed by atoms with Crippen molar-refractivity contribution in [2.24, 2.45) is 40.4 Å². The van der Waals surface area contributed by atoms with Crippen LogP contribution in [0.2, 0.25) is 0 Å². The van der Waals surface area contributed by atoms with Crippen LogP contribution in [0.25, 0.3) is 0 Å². The molecule has 10 unspecified atom stereocenters. The van der Waals surface area contributed by atoms with Gasteiger partial charge in [-0.2, -0.15) is 8.42 Å². The van der Waals surface area contributed by atoms with Crippen LogP contribution in [0.5, 0.6) is 0 Å². The minimum atomic E-state index is -4.86. The molecular weight excluding hydrogens is 636 g/mol. The zero-order valence-corrected chi connectivity index (χ0v) is 28.8. The maximum absolute atomic E-state index is 12.2. The van der Waals surface area contributed by atoms with E-state index in [1.165, 1.54) is 0 Å². The minimum Gasteiger partial charge on any atom is -0.479 e. The van der Waals surface area contributed by atoms with E-state index in [9.17, 15) is 48.4 Å². The van der Waals surface area contributed by atoms with Crippen molar-refractivity contribution >= 4 is 16.4 Å². The summed E-state index contributed by atoms with van der Waals surface area (Å²) in [5, 5.41) is 63.6. The van der Waals surface area contributed by atoms with Crippen molar-refractivity contribution in [2.75, 3.05) is 0 Å². The lowest BCUT2D eigenvalue weighted by Gasteiger charge is -2.59. The molecule has 1 aliphatic heterocycles. The Labute approximate surface area is 277 Å². The molecule has 0 aromatic heterocycles. The number of carboxylic acid groups (broad SMARTS) is 1. The van der Waals surface area contributed by atoms with Crippen LogP contribution in [-0.2, 0) is 28.9 Å². The Balaban J connectivity index is 1.41. The normalized spacial score (nSPS) is 46.6. The molecule has 14 heteroatoms. The molecule has 4 aliphatic carbocycles. The van der Waals surface area contributed by atoms with E-state index in [-0.39, 0.29) is 30.6 Å². The van der Waals surface area contributed by atoms with Crippen LogP contribution in [0.4, 0.5) is 0 Å². The average Bonchev–Trinajstić information content (AvgIpc) is 3.23. The smallest absolute Gasteiger partial charge is 0.397 e. The summed E-state index contributed by atoms with van der Waals surface area (Å²) in [7, 11) is -4.86. The number of aliphatic hydroxyl groups excluding tert-OH is 4. The van der Waals surface area contributed by atoms with Gasteiger partial charge in [-0.05, 0) is 86.4 Å². The predicted octanol–water partition coefficient (Wildman–Crippen LogP) is 2.19. The van der Waals surface area contributed by atoms with Gasteiger partial charge in [0.2, 0.25) is 0 Å². The van der Waals surface area contributed by atoms with Crippen LogP contribution in [-0.4, -0.2) is 104 Å². The van der Waals surface area contributed by atoms with E-state index in [0.717, 1.165) is 18.4 Å². The third-order valence-corrected chi connectivity index (χ3v) is 13.0. The van der Waals surface area contributed by atoms with Gasteiger partial charge >= 0.3 is 16.4 Å². The third kappa shape index (κ3) is 6.93. The van der Waals surface area contributed by atoms with Crippen molar-refractivity contribution in [3.8, 4) is 0 Å². The van der Waals surface area contributed by atoms with Crippen LogP contribution in [0, 0.1) is 40.4 Å². The summed E-state index contributed by atoms with van der Waals surface area (Å²) in [5.74, 6) is -2.11. The largest absolute Gasteiger partial charge is 0.479 e. The molecule has 1 heterocycles. The fourth-order valence-corrected chi connectivity index (χ4v) is 10.9. The van der Waals surface area contributed by atoms with Gasteiger partial charge in [0.15, 0.2) is 12.4 Å². The monoisotopic (exact) mass is 690 g/mol. The number of ether oxygens (including phenoxy) is 2. The van der Waals surface area contributed by atoms with Crippen molar-refractivity contribution in [1.29, 1.82) is 0 Å². The second-order valence-electron chi connectivity index (χ2n) is 16.1. The van der Waals surface area contributed by atoms with Crippen molar-refractivity contribution in [3.63, 3.8) is 0 Å². The van der Waals surface area contributed by atoms with Gasteiger partial charge in [0.25, 0.3) is 0 Å². The highest BCUT2D eigenvalue weighted by Gasteiger charge is 2.64. The zero-order chi connectivity index (χ0) is 34.9. The molecule has 0 bridgehead atoms. The summed E-state index contributed by atoms with van der Waals surface area (Å²) >= 11 is 0. The van der Waals surface area contributed by atoms with E-state index in [4.69, 9.17) is 13.7 Å². The summed E-state index contributed by atoms with van der Waals surface area (Å²) in [5.41, 5.74) is -0.988. The Morgan fingerprint density at radius 2 is 1.77 bits per heavy atom. The second-order valence-corrected chi connectivity index (χ2v) is 17.1. The highest BCUT2D eigenvalue weighted by atomic mass is 32.3. The molecule has 3 saturated carbocycles. The Kier molecular flexibility index (Phi) is 10.4. The summed E-state index contributed by atoms with van der Waals surface area (Å²) in [6, 6.07) is 0. The first-order chi connectivity index (χ1) is 21.7. The summed E-state index contributed by atoms with van der Waals surface area (Å²) in [4.78, 5) is 11.6. The number of aliphatic carboxylic acids is 1. The van der Waals surface area contributed by atoms with Gasteiger partial charge in [-0.15, -0.1) is 0 Å². The van der Waals surface area contributed by atoms with Crippen molar-refractivity contribution in [3.05, 3.63) is 11.6 Å². The van der Waals surface area contributed by atoms with E-state index < -0.39 is 87.7 Å². The van der Waals surface area contributed by atoms with Crippen LogP contribution >= 0.6 is 0 Å². The van der Waals surface area contributed by atoms with E-state index in [0.29, 0.717) is 38.0 Å². The minimum absolute atomic E-state index is 0.0648. The lowest BCUT2D eigenvalue weighted by molar-refractivity contribution is -0.309. The van der Waals surface area contributed by atoms with Gasteiger partial charge in [-0.25, -0.2) is 8.98 Å². The molecule has 47 heavy (non-hydrogen) atoms. The maximum Gasteiger partial charge on any atom is 0.397 e. The molecule has 5 aliphatic rings. The molecule has 5 rings (SSSR count). The predicted molar refractivity (Wildman–Crippen MR) is 167 cm³/mol. The number of carbonyl (C=O) groups is 1. The van der Waals surface area contributed by atoms with Crippen molar-refractivity contribution in [2.45, 2.75) is 147 Å². The standard InChI is InChI=1S/C33H54O13S/c1-16(2)7-6-10-33(5,40)28-22(34)15-20-18-14-23(46-47(41,42)43)21-13-17(8-11-31(21,3)19(18)9-12-32(20,28)4)44-30-26(37)24(35)25(36)27(45-30)29(38)39/h9,16-18,20-28,30,34-37,40H,6-8,10-15H2,1-5H3,(H,38,39)(H,41,42,43)/t17-,18?,20?,21?,22-,23?,24?,25?,26?,27?,28-,30?,31+,32-,33?/m0/s1. The number of hydrogen-bond acceptors (Lipinski definition) is 11. The first-order valence-corrected chi connectivity index (χ1v) is 18.4. The second kappa shape index (κ2) is 13.2. The number of allylic oxidation sites excluding steroid dienone is 2. The molecule has 0 aromatic rings. The van der Waals surface area contributed by atoms with Gasteiger partial charge in [-0.3, -0.25) is 4.55 Å². The lowest BCUT2D eigenvalue weighted by atomic mass is 9.47. The lowest BCUT2D eigenvalue weighted by Crippen LogP contribution is -2.61. The molecular formula is C33H54O13S. The Hall–Kier alpha value is -1.20. The first kappa shape index (κ1) is 37.1. The molecule has 13 nitrogen and oxygen atoms in total. The third-order valence-electron chi connectivity index (χ3n) is 12.5. The van der Waals surface area contributed by atoms with Crippen molar-refractivity contribution < 1.29 is 62.1 Å². The van der Waals surface area contributed by atoms with E-state index in [2.05, 4.69) is 26.8 Å². The van der Waals surface area contributed by atoms with Crippen LogP contribution in [0.15, 0.2) is 11.6 Å². The van der Waals surface area contributed by atoms with Gasteiger partial charge in [0.1, 0.15) is 18.3 Å². The molecule has 0 radical (unpaired) electrons. The average molecular weight is 691 g/mol. The number of hydrogen-bond donors (Lipinski definition) is 7. The molecule has 1 saturated heterocycles. The molecule has 15 atom stereocenters. The van der Waals surface area contributed by atoms with Crippen LogP contribution < -0.4 is 0 Å². The highest BCUT2D eigenvalue weighted by Crippen LogP contribution is 2.67. The number of rotatable bonds is 10. The molecule has 7 N–H and O–H groups in total. The molecule has 4 fully saturated rings. The Morgan fingerprint density at radius 3 is 2.38 bits per heavy atom. The SMILES string of the molecule is CC(C)CCCC(C)(O)[C@H]1[C@@H](O)CC2C3CC(OS(=O)(=O)O)C4C[C@@H](OC5OC(C(=O)O)C(O)C(O)C5O)CC[C@]4(C)C3=CC[C@@]21C. The molecule has 270 valence electrons. The number of aliphatic hydroxyl groups is 5. The first-order valence-electron chi connectivity index (χ1n) is 17.0. The van der Waals surface area contributed by atoms with Crippen LogP contribution in [0.3, 0.4) is 0 Å². The van der Waals surface area contributed by atoms with Gasteiger partial charge in [-0.1, -0.05) is 52.2 Å². The highest BCUT2D eigenvalue weighted by molar-refractivity contribution is 7.80. The molecule has 0 aromatic carbocycles. The number of fused-ring (bicyclic) bond motifs is 5. The fourth-order valence-electron chi connectivity index (χ4n) is 10.4. The van der Waals surface area contributed by atoms with Crippen molar-refractivity contribution in [1.82, 2.24) is 0 Å². The Bertz CT molecular complexity index is 1300. The maximum atomic E-state index is 12.2. The van der Waals surface area contributed by atoms with E-state index in [1.54, 1.807) is 0 Å². The fraction of sp³-hybridized carbons (Fsp3) is 0.909. The van der Waals surface area contributed by atoms with Gasteiger partial charge in [0.05, 0.1) is 23.9 Å². The number of carboxylic acids is 1. The Morgan fingerprint density at radius 1 is 1.09 bits per heavy atom. The quantitative estimate of drug-likeness (QED) is 0.0994. The topological polar surface area (TPSA) is 221 Å². The molecule has 0 amide bonds. The van der Waals surface area contributed by atoms with E-state index >= 15 is 0 Å². The van der Waals surface area contributed by atoms with Crippen LogP contribution in [0.1, 0.15) is 92.4 Å². The summed E-state index contributed by atoms with van der Waals surface area (Å²) in [6.07, 6.45) is -4.05. The zero-order valence-electron chi connectivity index (χ0n) is 27.9. The van der Waals surface area contributed by atoms with Gasteiger partial charge in [0, 0.05) is 5.92 Å². The van der Waals surface area contributed by atoms with E-state index in [1.807, 2.05) is 13.8 Å². The molecule has 0 spiro atoms.